The molecule has 0 spiro atoms. The van der Waals surface area contributed by atoms with E-state index in [9.17, 15) is 9.59 Å². The highest BCUT2D eigenvalue weighted by Gasteiger charge is 2.18. The molecule has 1 aromatic rings. The average Bonchev–Trinajstić information content (AvgIpc) is 2.36. The number of carboxylic acids is 1. The molecule has 1 unspecified atom stereocenters. The Hall–Kier alpha value is -1.62. The number of carboxylic acid groups (broad SMARTS) is 1. The quantitative estimate of drug-likeness (QED) is 0.817. The van der Waals surface area contributed by atoms with Gasteiger partial charge < -0.3 is 10.4 Å². The number of benzene rings is 1. The van der Waals surface area contributed by atoms with E-state index in [0.29, 0.717) is 5.57 Å². The fourth-order valence-electron chi connectivity index (χ4n) is 1.55. The van der Waals surface area contributed by atoms with Gasteiger partial charge in [-0.3, -0.25) is 9.59 Å². The van der Waals surface area contributed by atoms with Gasteiger partial charge in [-0.15, -0.1) is 0 Å². The summed E-state index contributed by atoms with van der Waals surface area (Å²) in [5.41, 5.74) is 1.32. The van der Waals surface area contributed by atoms with E-state index >= 15 is 0 Å². The van der Waals surface area contributed by atoms with Crippen molar-refractivity contribution in [1.29, 1.82) is 0 Å². The topological polar surface area (TPSA) is 66.4 Å². The van der Waals surface area contributed by atoms with Gasteiger partial charge in [0.1, 0.15) is 0 Å². The molecule has 0 fully saturated rings. The van der Waals surface area contributed by atoms with Gasteiger partial charge in [0.2, 0.25) is 5.91 Å². The van der Waals surface area contributed by atoms with E-state index in [1.54, 1.807) is 32.1 Å². The second kappa shape index (κ2) is 7.09. The lowest BCUT2D eigenvalue weighted by atomic mass is 10.0. The van der Waals surface area contributed by atoms with Crippen LogP contribution < -0.4 is 5.32 Å². The Morgan fingerprint density at radius 3 is 2.68 bits per heavy atom. The first-order valence-corrected chi connectivity index (χ1v) is 6.64. The van der Waals surface area contributed by atoms with Crippen LogP contribution in [0.15, 0.2) is 40.4 Å². The highest BCUT2D eigenvalue weighted by atomic mass is 79.9. The predicted molar refractivity (Wildman–Crippen MR) is 76.7 cm³/mol. The molecule has 1 rings (SSSR count). The molecule has 0 bridgehead atoms. The van der Waals surface area contributed by atoms with Crippen molar-refractivity contribution in [3.8, 4) is 0 Å². The van der Waals surface area contributed by atoms with Crippen molar-refractivity contribution in [3.63, 3.8) is 0 Å². The van der Waals surface area contributed by atoms with Crippen LogP contribution in [0.4, 0.5) is 0 Å². The summed E-state index contributed by atoms with van der Waals surface area (Å²) in [5.74, 6) is -1.21. The van der Waals surface area contributed by atoms with Crippen molar-refractivity contribution in [2.45, 2.75) is 26.3 Å². The number of aliphatic carboxylic acids is 1. The Morgan fingerprint density at radius 2 is 2.16 bits per heavy atom. The zero-order chi connectivity index (χ0) is 14.4. The van der Waals surface area contributed by atoms with Crippen LogP contribution in [0.3, 0.4) is 0 Å². The predicted octanol–water partition coefficient (Wildman–Crippen LogP) is 3.05. The van der Waals surface area contributed by atoms with Crippen LogP contribution in [0.2, 0.25) is 0 Å². The summed E-state index contributed by atoms with van der Waals surface area (Å²) in [6, 6.07) is 6.71. The summed E-state index contributed by atoms with van der Waals surface area (Å²) in [5, 5.41) is 11.7. The summed E-state index contributed by atoms with van der Waals surface area (Å²) < 4.78 is 0.845. The van der Waals surface area contributed by atoms with Gasteiger partial charge in [0.15, 0.2) is 0 Å². The Balaban J connectivity index is 2.95. The number of allylic oxidation sites excluding steroid dienone is 1. The highest BCUT2D eigenvalue weighted by molar-refractivity contribution is 9.10. The van der Waals surface area contributed by atoms with E-state index in [-0.39, 0.29) is 12.3 Å². The van der Waals surface area contributed by atoms with Crippen LogP contribution in [0, 0.1) is 0 Å². The lowest BCUT2D eigenvalue weighted by Gasteiger charge is -2.18. The van der Waals surface area contributed by atoms with Crippen molar-refractivity contribution in [1.82, 2.24) is 5.32 Å². The molecular formula is C14H16BrNO3. The number of amides is 1. The van der Waals surface area contributed by atoms with Gasteiger partial charge in [0.05, 0.1) is 12.5 Å². The van der Waals surface area contributed by atoms with Crippen LogP contribution in [0.1, 0.15) is 31.9 Å². The largest absolute Gasteiger partial charge is 0.481 e. The van der Waals surface area contributed by atoms with Crippen molar-refractivity contribution in [2.75, 3.05) is 0 Å². The third-order valence-electron chi connectivity index (χ3n) is 2.73. The second-order valence-corrected chi connectivity index (χ2v) is 5.07. The van der Waals surface area contributed by atoms with E-state index in [0.717, 1.165) is 10.0 Å². The summed E-state index contributed by atoms with van der Waals surface area (Å²) in [7, 11) is 0. The lowest BCUT2D eigenvalue weighted by Crippen LogP contribution is -2.30. The molecule has 4 nitrogen and oxygen atoms in total. The highest BCUT2D eigenvalue weighted by Crippen LogP contribution is 2.21. The van der Waals surface area contributed by atoms with Crippen LogP contribution in [-0.2, 0) is 9.59 Å². The molecule has 19 heavy (non-hydrogen) atoms. The van der Waals surface area contributed by atoms with Crippen LogP contribution in [0.25, 0.3) is 0 Å². The van der Waals surface area contributed by atoms with Crippen molar-refractivity contribution in [3.05, 3.63) is 46.0 Å². The van der Waals surface area contributed by atoms with Gasteiger partial charge in [-0.05, 0) is 31.5 Å². The maximum absolute atomic E-state index is 11.8. The maximum atomic E-state index is 11.8. The summed E-state index contributed by atoms with van der Waals surface area (Å²) >= 11 is 3.33. The second-order valence-electron chi connectivity index (χ2n) is 4.15. The van der Waals surface area contributed by atoms with Crippen molar-refractivity contribution in [2.24, 2.45) is 0 Å². The summed E-state index contributed by atoms with van der Waals surface area (Å²) in [6.45, 7) is 3.45. The first-order valence-electron chi connectivity index (χ1n) is 5.85. The Morgan fingerprint density at radius 1 is 1.47 bits per heavy atom. The average molecular weight is 326 g/mol. The maximum Gasteiger partial charge on any atom is 0.305 e. The zero-order valence-electron chi connectivity index (χ0n) is 10.8. The van der Waals surface area contributed by atoms with Gasteiger partial charge in [0, 0.05) is 10.0 Å². The van der Waals surface area contributed by atoms with Gasteiger partial charge in [-0.1, -0.05) is 34.1 Å². The molecule has 0 heterocycles. The monoisotopic (exact) mass is 325 g/mol. The first-order chi connectivity index (χ1) is 8.93. The Kier molecular flexibility index (Phi) is 5.76. The smallest absolute Gasteiger partial charge is 0.305 e. The normalized spacial score (nSPS) is 12.9. The van der Waals surface area contributed by atoms with E-state index in [1.807, 2.05) is 12.1 Å². The van der Waals surface area contributed by atoms with Crippen LogP contribution >= 0.6 is 15.9 Å². The fraction of sp³-hybridized carbons (Fsp3) is 0.286. The van der Waals surface area contributed by atoms with Crippen LogP contribution in [0.5, 0.6) is 0 Å². The minimum atomic E-state index is -0.955. The van der Waals surface area contributed by atoms with Crippen molar-refractivity contribution >= 4 is 27.8 Å². The van der Waals surface area contributed by atoms with Gasteiger partial charge >= 0.3 is 5.97 Å². The number of nitrogens with one attached hydrogen (secondary N) is 1. The van der Waals surface area contributed by atoms with E-state index in [1.165, 1.54) is 0 Å². The molecule has 1 atom stereocenters. The molecule has 0 aromatic heterocycles. The third-order valence-corrected chi connectivity index (χ3v) is 3.22. The molecular weight excluding hydrogens is 310 g/mol. The molecule has 0 aliphatic heterocycles. The van der Waals surface area contributed by atoms with E-state index in [4.69, 9.17) is 5.11 Å². The fourth-order valence-corrected chi connectivity index (χ4v) is 1.97. The number of rotatable bonds is 5. The van der Waals surface area contributed by atoms with E-state index in [2.05, 4.69) is 21.2 Å². The van der Waals surface area contributed by atoms with Crippen LogP contribution in [-0.4, -0.2) is 17.0 Å². The first kappa shape index (κ1) is 15.4. The molecule has 0 saturated heterocycles. The van der Waals surface area contributed by atoms with Gasteiger partial charge in [-0.25, -0.2) is 0 Å². The molecule has 0 radical (unpaired) electrons. The molecule has 102 valence electrons. The number of halogens is 1. The summed E-state index contributed by atoms with van der Waals surface area (Å²) in [6.07, 6.45) is 1.53. The molecule has 0 saturated carbocycles. The molecule has 1 aromatic carbocycles. The third kappa shape index (κ3) is 4.87. The van der Waals surface area contributed by atoms with Gasteiger partial charge in [-0.2, -0.15) is 0 Å². The number of hydrogen-bond acceptors (Lipinski definition) is 2. The number of carbonyl (C=O) groups is 2. The number of carbonyl (C=O) groups excluding carboxylic acids is 1. The SMILES string of the molecule is C/C=C(\C)C(=O)NC(CC(=O)O)c1cccc(Br)c1. The van der Waals surface area contributed by atoms with E-state index < -0.39 is 12.0 Å². The molecule has 1 amide bonds. The standard InChI is InChI=1S/C14H16BrNO3/c1-3-9(2)14(19)16-12(8-13(17)18)10-5-4-6-11(15)7-10/h3-7,12H,8H2,1-2H3,(H,16,19)(H,17,18)/b9-3+. The molecule has 5 heteroatoms. The molecule has 2 N–H and O–H groups in total. The Labute approximate surface area is 120 Å². The number of hydrogen-bond donors (Lipinski definition) is 2. The lowest BCUT2D eigenvalue weighted by molar-refractivity contribution is -0.137. The van der Waals surface area contributed by atoms with Gasteiger partial charge in [0.25, 0.3) is 0 Å². The van der Waals surface area contributed by atoms with Crippen molar-refractivity contribution < 1.29 is 14.7 Å². The Bertz CT molecular complexity index is 511. The minimum absolute atomic E-state index is 0.154. The summed E-state index contributed by atoms with van der Waals surface area (Å²) in [4.78, 5) is 22.8. The molecule has 0 aliphatic rings. The minimum Gasteiger partial charge on any atom is -0.481 e. The zero-order valence-corrected chi connectivity index (χ0v) is 12.4. The molecule has 0 aliphatic carbocycles.